The summed E-state index contributed by atoms with van der Waals surface area (Å²) in [6.45, 7) is 1.66. The fourth-order valence-electron chi connectivity index (χ4n) is 1.03. The van der Waals surface area contributed by atoms with Gasteiger partial charge in [0.15, 0.2) is 9.84 Å². The molecule has 0 amide bonds. The van der Waals surface area contributed by atoms with Crippen molar-refractivity contribution in [1.82, 2.24) is 0 Å². The molecule has 72 valence electrons. The molecule has 0 saturated carbocycles. The molecule has 0 fully saturated rings. The lowest BCUT2D eigenvalue weighted by Crippen LogP contribution is -2.04. The highest BCUT2D eigenvalue weighted by atomic mass is 32.2. The van der Waals surface area contributed by atoms with Crippen LogP contribution in [0.4, 0.5) is 0 Å². The summed E-state index contributed by atoms with van der Waals surface area (Å²) in [5.41, 5.74) is 0. The van der Waals surface area contributed by atoms with Crippen LogP contribution in [-0.4, -0.2) is 20.4 Å². The Bertz CT molecular complexity index is 382. The second kappa shape index (κ2) is 4.15. The maximum absolute atomic E-state index is 11.6. The summed E-state index contributed by atoms with van der Waals surface area (Å²) in [5.74, 6) is 0.157. The smallest absolute Gasteiger partial charge is 0.179 e. The maximum Gasteiger partial charge on any atom is 0.179 e. The van der Waals surface area contributed by atoms with Crippen molar-refractivity contribution in [1.29, 1.82) is 0 Å². The van der Waals surface area contributed by atoms with Crippen LogP contribution >= 0.6 is 11.8 Å². The van der Waals surface area contributed by atoms with Gasteiger partial charge in [0.05, 0.1) is 10.6 Å². The summed E-state index contributed by atoms with van der Waals surface area (Å²) in [4.78, 5) is 1.27. The average Bonchev–Trinajstić information content (AvgIpc) is 2.18. The summed E-state index contributed by atoms with van der Waals surface area (Å²) in [6, 6.07) is 7.08. The van der Waals surface area contributed by atoms with Crippen molar-refractivity contribution in [2.45, 2.75) is 16.7 Å². The molecule has 0 N–H and O–H groups in total. The first-order valence-electron chi connectivity index (χ1n) is 3.97. The van der Waals surface area contributed by atoms with Crippen molar-refractivity contribution < 1.29 is 8.42 Å². The van der Waals surface area contributed by atoms with E-state index in [2.05, 4.69) is 0 Å². The minimum atomic E-state index is -3.06. The van der Waals surface area contributed by atoms with Gasteiger partial charge in [0.25, 0.3) is 0 Å². The Labute approximate surface area is 83.3 Å². The number of benzene rings is 1. The zero-order valence-electron chi connectivity index (χ0n) is 7.65. The van der Waals surface area contributed by atoms with Crippen molar-refractivity contribution in [3.8, 4) is 0 Å². The number of thioether (sulfide) groups is 1. The summed E-state index contributed by atoms with van der Waals surface area (Å²) < 4.78 is 23.1. The number of hydrogen-bond acceptors (Lipinski definition) is 3. The van der Waals surface area contributed by atoms with E-state index >= 15 is 0 Å². The van der Waals surface area contributed by atoms with Gasteiger partial charge in [-0.1, -0.05) is 19.1 Å². The number of rotatable bonds is 3. The monoisotopic (exact) mass is 216 g/mol. The largest absolute Gasteiger partial charge is 0.224 e. The highest BCUT2D eigenvalue weighted by Gasteiger charge is 2.14. The Hall–Kier alpha value is -0.480. The van der Waals surface area contributed by atoms with Crippen LogP contribution < -0.4 is 0 Å². The molecule has 0 aliphatic rings. The molecule has 0 bridgehead atoms. The Balaban J connectivity index is 3.29. The molecule has 0 aliphatic heterocycles. The molecule has 0 saturated heterocycles. The van der Waals surface area contributed by atoms with Crippen LogP contribution in [0.3, 0.4) is 0 Å². The second-order valence-electron chi connectivity index (χ2n) is 2.55. The topological polar surface area (TPSA) is 34.1 Å². The van der Waals surface area contributed by atoms with E-state index in [1.807, 2.05) is 18.4 Å². The van der Waals surface area contributed by atoms with Crippen molar-refractivity contribution in [2.24, 2.45) is 0 Å². The highest BCUT2D eigenvalue weighted by Crippen LogP contribution is 2.24. The molecular weight excluding hydrogens is 204 g/mol. The molecule has 2 nitrogen and oxygen atoms in total. The Morgan fingerprint density at radius 3 is 2.46 bits per heavy atom. The molecule has 1 aromatic rings. The molecule has 4 heteroatoms. The first-order valence-corrected chi connectivity index (χ1v) is 6.85. The summed E-state index contributed by atoms with van der Waals surface area (Å²) >= 11 is 1.46. The van der Waals surface area contributed by atoms with Gasteiger partial charge in [-0.2, -0.15) is 0 Å². The maximum atomic E-state index is 11.6. The Morgan fingerprint density at radius 2 is 1.92 bits per heavy atom. The molecule has 13 heavy (non-hydrogen) atoms. The molecule has 0 aromatic heterocycles. The minimum absolute atomic E-state index is 0.157. The third-order valence-electron chi connectivity index (χ3n) is 1.78. The third kappa shape index (κ3) is 2.25. The van der Waals surface area contributed by atoms with Gasteiger partial charge in [-0.3, -0.25) is 0 Å². The summed E-state index contributed by atoms with van der Waals surface area (Å²) in [7, 11) is -3.06. The lowest BCUT2D eigenvalue weighted by molar-refractivity contribution is 0.595. The van der Waals surface area contributed by atoms with Crippen LogP contribution in [0.5, 0.6) is 0 Å². The molecule has 0 unspecified atom stereocenters. The highest BCUT2D eigenvalue weighted by molar-refractivity contribution is 7.99. The molecular formula is C9H12O2S2. The van der Waals surface area contributed by atoms with Crippen LogP contribution in [0.2, 0.25) is 0 Å². The van der Waals surface area contributed by atoms with Gasteiger partial charge in [-0.15, -0.1) is 11.8 Å². The van der Waals surface area contributed by atoms with E-state index in [0.717, 1.165) is 4.90 Å². The van der Waals surface area contributed by atoms with E-state index in [-0.39, 0.29) is 5.75 Å². The normalized spacial score (nSPS) is 11.5. The van der Waals surface area contributed by atoms with Crippen molar-refractivity contribution in [3.63, 3.8) is 0 Å². The van der Waals surface area contributed by atoms with E-state index in [9.17, 15) is 8.42 Å². The van der Waals surface area contributed by atoms with Crippen LogP contribution in [0.25, 0.3) is 0 Å². The Morgan fingerprint density at radius 1 is 1.31 bits per heavy atom. The van der Waals surface area contributed by atoms with Gasteiger partial charge in [-0.05, 0) is 18.4 Å². The average molecular weight is 216 g/mol. The standard InChI is InChI=1S/C9H12O2S2/c1-3-13(10,11)9-7-5-4-6-8(9)12-2/h4-7H,3H2,1-2H3. The van der Waals surface area contributed by atoms with Crippen LogP contribution in [0, 0.1) is 0 Å². The quantitative estimate of drug-likeness (QED) is 0.726. The number of hydrogen-bond donors (Lipinski definition) is 0. The van der Waals surface area contributed by atoms with Gasteiger partial charge < -0.3 is 0 Å². The zero-order chi connectivity index (χ0) is 9.90. The Kier molecular flexibility index (Phi) is 3.39. The van der Waals surface area contributed by atoms with Crippen molar-refractivity contribution >= 4 is 21.6 Å². The predicted octanol–water partition coefficient (Wildman–Crippen LogP) is 2.20. The molecule has 0 heterocycles. The summed E-state index contributed by atoms with van der Waals surface area (Å²) in [5, 5.41) is 0. The van der Waals surface area contributed by atoms with Crippen molar-refractivity contribution in [3.05, 3.63) is 24.3 Å². The van der Waals surface area contributed by atoms with Gasteiger partial charge in [0, 0.05) is 4.90 Å². The van der Waals surface area contributed by atoms with E-state index < -0.39 is 9.84 Å². The molecule has 0 spiro atoms. The number of sulfone groups is 1. The first-order chi connectivity index (χ1) is 6.11. The van der Waals surface area contributed by atoms with Gasteiger partial charge in [0.2, 0.25) is 0 Å². The van der Waals surface area contributed by atoms with Crippen LogP contribution in [0.1, 0.15) is 6.92 Å². The molecule has 0 radical (unpaired) electrons. The first kappa shape index (κ1) is 10.6. The molecule has 1 aromatic carbocycles. The van der Waals surface area contributed by atoms with Crippen molar-refractivity contribution in [2.75, 3.05) is 12.0 Å². The van der Waals surface area contributed by atoms with Gasteiger partial charge in [0.1, 0.15) is 0 Å². The molecule has 0 atom stereocenters. The van der Waals surface area contributed by atoms with E-state index in [1.54, 1.807) is 19.1 Å². The second-order valence-corrected chi connectivity index (χ2v) is 5.65. The lowest BCUT2D eigenvalue weighted by Gasteiger charge is -2.05. The van der Waals surface area contributed by atoms with E-state index in [4.69, 9.17) is 0 Å². The lowest BCUT2D eigenvalue weighted by atomic mass is 10.4. The van der Waals surface area contributed by atoms with E-state index in [0.29, 0.717) is 4.90 Å². The van der Waals surface area contributed by atoms with Crippen LogP contribution in [-0.2, 0) is 9.84 Å². The fourth-order valence-corrected chi connectivity index (χ4v) is 3.12. The molecule has 0 aliphatic carbocycles. The van der Waals surface area contributed by atoms with Crippen LogP contribution in [0.15, 0.2) is 34.1 Å². The van der Waals surface area contributed by atoms with Gasteiger partial charge in [-0.25, -0.2) is 8.42 Å². The SMILES string of the molecule is CCS(=O)(=O)c1ccccc1SC. The fraction of sp³-hybridized carbons (Fsp3) is 0.333. The third-order valence-corrected chi connectivity index (χ3v) is 4.50. The summed E-state index contributed by atoms with van der Waals surface area (Å²) in [6.07, 6.45) is 1.88. The zero-order valence-corrected chi connectivity index (χ0v) is 9.28. The minimum Gasteiger partial charge on any atom is -0.224 e. The van der Waals surface area contributed by atoms with Gasteiger partial charge >= 0.3 is 0 Å². The molecule has 1 rings (SSSR count). The van der Waals surface area contributed by atoms with E-state index in [1.165, 1.54) is 11.8 Å². The predicted molar refractivity (Wildman–Crippen MR) is 55.9 cm³/mol.